The summed E-state index contributed by atoms with van der Waals surface area (Å²) in [6.45, 7) is 1.05. The number of amides is 1. The van der Waals surface area contributed by atoms with Crippen molar-refractivity contribution in [3.05, 3.63) is 47.1 Å². The summed E-state index contributed by atoms with van der Waals surface area (Å²) < 4.78 is 30.5. The van der Waals surface area contributed by atoms with E-state index in [4.69, 9.17) is 0 Å². The van der Waals surface area contributed by atoms with Gasteiger partial charge in [0.2, 0.25) is 5.91 Å². The summed E-state index contributed by atoms with van der Waals surface area (Å²) in [6.07, 6.45) is 5.55. The Morgan fingerprint density at radius 1 is 1.19 bits per heavy atom. The van der Waals surface area contributed by atoms with Crippen LogP contribution in [-0.2, 0) is 21.5 Å². The van der Waals surface area contributed by atoms with E-state index in [0.717, 1.165) is 17.1 Å². The molecule has 2 fully saturated rings. The number of carbonyl (C=O) groups excluding carboxylic acids is 1. The minimum Gasteiger partial charge on any atom is -0.388 e. The van der Waals surface area contributed by atoms with Gasteiger partial charge in [-0.15, -0.1) is 0 Å². The summed E-state index contributed by atoms with van der Waals surface area (Å²) in [5.74, 6) is 0.327. The van der Waals surface area contributed by atoms with Crippen LogP contribution in [0.5, 0.6) is 0 Å². The molecular formula is C23H29N7O5S. The van der Waals surface area contributed by atoms with Crippen molar-refractivity contribution in [2.45, 2.75) is 37.8 Å². The van der Waals surface area contributed by atoms with Gasteiger partial charge >= 0.3 is 10.2 Å². The number of nitrogens with one attached hydrogen (secondary N) is 1. The van der Waals surface area contributed by atoms with E-state index in [2.05, 4.69) is 14.8 Å². The van der Waals surface area contributed by atoms with Crippen molar-refractivity contribution in [2.75, 3.05) is 31.9 Å². The lowest BCUT2D eigenvalue weighted by atomic mass is 9.91. The van der Waals surface area contributed by atoms with Gasteiger partial charge in [0.1, 0.15) is 11.7 Å². The van der Waals surface area contributed by atoms with E-state index in [1.165, 1.54) is 35.9 Å². The minimum absolute atomic E-state index is 0.0894. The third-order valence-electron chi connectivity index (χ3n) is 6.79. The molecule has 3 heterocycles. The fourth-order valence-corrected chi connectivity index (χ4v) is 4.98. The number of piperidine rings is 1. The predicted molar refractivity (Wildman–Crippen MR) is 133 cm³/mol. The highest BCUT2D eigenvalue weighted by Crippen LogP contribution is 2.33. The lowest BCUT2D eigenvalue weighted by Gasteiger charge is -2.38. The average Bonchev–Trinajstić information content (AvgIpc) is 3.60. The molecule has 0 bridgehead atoms. The van der Waals surface area contributed by atoms with Crippen LogP contribution in [0.3, 0.4) is 0 Å². The Kier molecular flexibility index (Phi) is 6.09. The molecule has 0 atom stereocenters. The molecule has 2 aliphatic rings. The molecule has 1 aliphatic heterocycles. The molecule has 13 heteroatoms. The van der Waals surface area contributed by atoms with Gasteiger partial charge in [0.25, 0.3) is 5.56 Å². The van der Waals surface area contributed by atoms with Crippen molar-refractivity contribution in [1.82, 2.24) is 28.5 Å². The molecule has 3 aromatic rings. The number of fused-ring (bicyclic) bond motifs is 1. The number of likely N-dealkylation sites (tertiary alicyclic amines) is 1. The zero-order valence-corrected chi connectivity index (χ0v) is 21.0. The number of carbonyl (C=O) groups is 1. The van der Waals surface area contributed by atoms with Crippen LogP contribution in [0.4, 0.5) is 5.69 Å². The summed E-state index contributed by atoms with van der Waals surface area (Å²) in [5.41, 5.74) is -0.0574. The van der Waals surface area contributed by atoms with Crippen molar-refractivity contribution in [3.63, 3.8) is 0 Å². The van der Waals surface area contributed by atoms with Crippen LogP contribution in [0.15, 0.2) is 41.6 Å². The van der Waals surface area contributed by atoms with Crippen molar-refractivity contribution >= 4 is 32.8 Å². The molecule has 0 spiro atoms. The quantitative estimate of drug-likeness (QED) is 0.468. The third-order valence-corrected chi connectivity index (χ3v) is 8.25. The number of hydrogen-bond acceptors (Lipinski definition) is 7. The van der Waals surface area contributed by atoms with E-state index in [1.807, 2.05) is 4.90 Å². The Morgan fingerprint density at radius 2 is 1.86 bits per heavy atom. The number of aliphatic hydroxyl groups is 1. The first-order chi connectivity index (χ1) is 17.1. The van der Waals surface area contributed by atoms with Crippen molar-refractivity contribution in [2.24, 2.45) is 5.92 Å². The second kappa shape index (κ2) is 8.98. The fraction of sp³-hybridized carbons (Fsp3) is 0.478. The number of benzene rings is 1. The number of rotatable bonds is 7. The Balaban J connectivity index is 1.32. The smallest absolute Gasteiger partial charge is 0.301 e. The maximum absolute atomic E-state index is 13.1. The molecule has 192 valence electrons. The molecule has 1 amide bonds. The standard InChI is InChI=1S/C23H29N7O5S/c1-27(2)36(34,35)26-17-5-7-18(8-6-17)30-20-19(13-25-30)22(32)29(15-24-20)14-23(33)9-11-28(12-10-23)21(31)16-3-4-16/h5-8,13,15-16,26,33H,3-4,9-12,14H2,1-2H3. The Labute approximate surface area is 208 Å². The normalized spacial score (nSPS) is 18.1. The number of aromatic nitrogens is 4. The first kappa shape index (κ1) is 24.4. The van der Waals surface area contributed by atoms with Gasteiger partial charge in [0.15, 0.2) is 5.65 Å². The van der Waals surface area contributed by atoms with E-state index in [0.29, 0.717) is 48.3 Å². The second-order valence-electron chi connectivity index (χ2n) is 9.73. The Morgan fingerprint density at radius 3 is 2.47 bits per heavy atom. The Hall–Kier alpha value is -3.29. The highest BCUT2D eigenvalue weighted by atomic mass is 32.2. The third kappa shape index (κ3) is 4.73. The van der Waals surface area contributed by atoms with Crippen LogP contribution in [0.1, 0.15) is 25.7 Å². The molecular weight excluding hydrogens is 486 g/mol. The van der Waals surface area contributed by atoms with E-state index in [-0.39, 0.29) is 23.9 Å². The van der Waals surface area contributed by atoms with Crippen LogP contribution in [0.2, 0.25) is 0 Å². The maximum atomic E-state index is 13.1. The van der Waals surface area contributed by atoms with Gasteiger partial charge in [-0.05, 0) is 49.9 Å². The molecule has 2 aromatic heterocycles. The van der Waals surface area contributed by atoms with Gasteiger partial charge in [0, 0.05) is 38.8 Å². The molecule has 1 aromatic carbocycles. The number of nitrogens with zero attached hydrogens (tertiary/aromatic N) is 6. The van der Waals surface area contributed by atoms with Gasteiger partial charge < -0.3 is 10.0 Å². The Bertz CT molecular complexity index is 1450. The van der Waals surface area contributed by atoms with E-state index < -0.39 is 15.8 Å². The molecule has 5 rings (SSSR count). The molecule has 1 saturated carbocycles. The van der Waals surface area contributed by atoms with Gasteiger partial charge in [-0.3, -0.25) is 18.9 Å². The van der Waals surface area contributed by atoms with Crippen LogP contribution >= 0.6 is 0 Å². The zero-order valence-electron chi connectivity index (χ0n) is 20.2. The summed E-state index contributed by atoms with van der Waals surface area (Å²) in [7, 11) is -0.758. The lowest BCUT2D eigenvalue weighted by Crippen LogP contribution is -2.50. The monoisotopic (exact) mass is 515 g/mol. The summed E-state index contributed by atoms with van der Waals surface area (Å²) in [5, 5.41) is 15.7. The zero-order chi connectivity index (χ0) is 25.7. The molecule has 1 saturated heterocycles. The molecule has 1 aliphatic carbocycles. The van der Waals surface area contributed by atoms with Crippen LogP contribution in [0, 0.1) is 5.92 Å². The SMILES string of the molecule is CN(C)S(=O)(=O)Nc1ccc(-n2ncc3c(=O)n(CC4(O)CCN(C(=O)C5CC5)CC4)cnc32)cc1. The molecule has 0 radical (unpaired) electrons. The molecule has 36 heavy (non-hydrogen) atoms. The molecule has 2 N–H and O–H groups in total. The van der Waals surface area contributed by atoms with E-state index >= 15 is 0 Å². The topological polar surface area (TPSA) is 143 Å². The summed E-state index contributed by atoms with van der Waals surface area (Å²) in [4.78, 5) is 31.7. The van der Waals surface area contributed by atoms with Gasteiger partial charge in [-0.25, -0.2) is 9.67 Å². The van der Waals surface area contributed by atoms with Crippen molar-refractivity contribution in [3.8, 4) is 5.69 Å². The first-order valence-corrected chi connectivity index (χ1v) is 13.3. The molecule has 0 unspecified atom stereocenters. The van der Waals surface area contributed by atoms with Crippen LogP contribution in [-0.4, -0.2) is 80.8 Å². The van der Waals surface area contributed by atoms with Crippen molar-refractivity contribution < 1.29 is 18.3 Å². The van der Waals surface area contributed by atoms with Gasteiger partial charge in [0.05, 0.1) is 24.0 Å². The molecule has 12 nitrogen and oxygen atoms in total. The lowest BCUT2D eigenvalue weighted by molar-refractivity contribution is -0.137. The van der Waals surface area contributed by atoms with E-state index in [9.17, 15) is 23.1 Å². The fourth-order valence-electron chi connectivity index (χ4n) is 4.37. The second-order valence-corrected chi connectivity index (χ2v) is 11.6. The van der Waals surface area contributed by atoms with Crippen LogP contribution < -0.4 is 10.3 Å². The first-order valence-electron chi connectivity index (χ1n) is 11.8. The van der Waals surface area contributed by atoms with Crippen LogP contribution in [0.25, 0.3) is 16.7 Å². The highest BCUT2D eigenvalue weighted by Gasteiger charge is 2.39. The number of hydrogen-bond donors (Lipinski definition) is 2. The van der Waals surface area contributed by atoms with Gasteiger partial charge in [-0.2, -0.15) is 17.8 Å². The largest absolute Gasteiger partial charge is 0.388 e. The highest BCUT2D eigenvalue weighted by molar-refractivity contribution is 7.90. The maximum Gasteiger partial charge on any atom is 0.301 e. The number of anilines is 1. The van der Waals surface area contributed by atoms with Crippen molar-refractivity contribution in [1.29, 1.82) is 0 Å². The summed E-state index contributed by atoms with van der Waals surface area (Å²) in [6, 6.07) is 6.54. The van der Waals surface area contributed by atoms with E-state index in [1.54, 1.807) is 24.3 Å². The minimum atomic E-state index is -3.62. The van der Waals surface area contributed by atoms with Gasteiger partial charge in [-0.1, -0.05) is 0 Å². The average molecular weight is 516 g/mol. The summed E-state index contributed by atoms with van der Waals surface area (Å²) >= 11 is 0. The predicted octanol–water partition coefficient (Wildman–Crippen LogP) is 0.564.